The summed E-state index contributed by atoms with van der Waals surface area (Å²) in [6, 6.07) is 0. The molecule has 1 unspecified atom stereocenters. The minimum atomic E-state index is 0.635. The lowest BCUT2D eigenvalue weighted by Crippen LogP contribution is -2.13. The van der Waals surface area contributed by atoms with E-state index in [4.69, 9.17) is 6.42 Å². The van der Waals surface area contributed by atoms with Gasteiger partial charge >= 0.3 is 0 Å². The molecule has 2 aliphatic rings. The highest BCUT2D eigenvalue weighted by molar-refractivity contribution is 5.16. The zero-order chi connectivity index (χ0) is 5.56. The van der Waals surface area contributed by atoms with Gasteiger partial charge in [-0.25, -0.2) is 0 Å². The Hall–Kier alpha value is -0.480. The highest BCUT2D eigenvalue weighted by Crippen LogP contribution is 2.47. The molecular weight excluding hydrogens is 98.1 g/mol. The van der Waals surface area contributed by atoms with E-state index >= 15 is 0 Å². The first-order valence-corrected chi connectivity index (χ1v) is 3.10. The molecule has 3 atom stereocenters. The van der Waals surface area contributed by atoms with Crippen molar-refractivity contribution >= 4 is 0 Å². The van der Waals surface area contributed by atoms with E-state index in [-0.39, 0.29) is 0 Å². The summed E-state index contributed by atoms with van der Waals surface area (Å²) in [5.41, 5.74) is 0. The second-order valence-electron chi connectivity index (χ2n) is 2.68. The van der Waals surface area contributed by atoms with Crippen molar-refractivity contribution in [3.05, 3.63) is 0 Å². The molecule has 0 bridgehead atoms. The molecule has 1 N–H and O–H groups in total. The van der Waals surface area contributed by atoms with Gasteiger partial charge in [0, 0.05) is 5.92 Å². The van der Waals surface area contributed by atoms with Gasteiger partial charge < -0.3 is 5.32 Å². The van der Waals surface area contributed by atoms with E-state index in [1.54, 1.807) is 0 Å². The minimum Gasteiger partial charge on any atom is -0.316 e. The first-order valence-electron chi connectivity index (χ1n) is 3.10. The molecule has 1 saturated carbocycles. The number of rotatable bonds is 0. The quantitative estimate of drug-likeness (QED) is 0.432. The third-order valence-electron chi connectivity index (χ3n) is 2.28. The normalized spacial score (nSPS) is 50.1. The highest BCUT2D eigenvalue weighted by Gasteiger charge is 2.51. The molecule has 2 fully saturated rings. The van der Waals surface area contributed by atoms with E-state index in [2.05, 4.69) is 11.2 Å². The van der Waals surface area contributed by atoms with Gasteiger partial charge in [-0.2, -0.15) is 0 Å². The molecule has 0 radical (unpaired) electrons. The summed E-state index contributed by atoms with van der Waals surface area (Å²) in [5.74, 6) is 5.13. The van der Waals surface area contributed by atoms with Gasteiger partial charge in [-0.3, -0.25) is 0 Å². The Bertz CT molecular complexity index is 135. The molecule has 0 aromatic heterocycles. The summed E-state index contributed by atoms with van der Waals surface area (Å²) < 4.78 is 0. The molecule has 1 heteroatoms. The Morgan fingerprint density at radius 1 is 1.38 bits per heavy atom. The van der Waals surface area contributed by atoms with Gasteiger partial charge in [-0.05, 0) is 24.9 Å². The molecule has 1 aliphatic carbocycles. The average Bonchev–Trinajstić information content (AvgIpc) is 2.22. The summed E-state index contributed by atoms with van der Waals surface area (Å²) in [5, 5.41) is 3.29. The topological polar surface area (TPSA) is 12.0 Å². The molecule has 0 aromatic rings. The molecule has 0 amide bonds. The van der Waals surface area contributed by atoms with E-state index in [1.165, 1.54) is 13.1 Å². The van der Waals surface area contributed by atoms with Gasteiger partial charge in [-0.15, -0.1) is 12.3 Å². The fourth-order valence-corrected chi connectivity index (χ4v) is 1.67. The SMILES string of the molecule is C#C[C@H]1C2CNC[C@@H]21. The van der Waals surface area contributed by atoms with Crippen molar-refractivity contribution in [3.63, 3.8) is 0 Å². The van der Waals surface area contributed by atoms with Crippen LogP contribution in [0.15, 0.2) is 0 Å². The van der Waals surface area contributed by atoms with Gasteiger partial charge in [0.15, 0.2) is 0 Å². The lowest BCUT2D eigenvalue weighted by Gasteiger charge is -1.93. The van der Waals surface area contributed by atoms with Crippen molar-refractivity contribution in [2.45, 2.75) is 0 Å². The molecule has 1 heterocycles. The van der Waals surface area contributed by atoms with Crippen molar-refractivity contribution < 1.29 is 0 Å². The molecular formula is C7H9N. The number of hydrogen-bond acceptors (Lipinski definition) is 1. The van der Waals surface area contributed by atoms with Crippen LogP contribution in [0.5, 0.6) is 0 Å². The van der Waals surface area contributed by atoms with Gasteiger partial charge in [0.1, 0.15) is 0 Å². The van der Waals surface area contributed by atoms with E-state index in [9.17, 15) is 0 Å². The Morgan fingerprint density at radius 2 is 2.00 bits per heavy atom. The fraction of sp³-hybridized carbons (Fsp3) is 0.714. The molecule has 0 aromatic carbocycles. The van der Waals surface area contributed by atoms with Crippen LogP contribution in [-0.4, -0.2) is 13.1 Å². The van der Waals surface area contributed by atoms with Crippen molar-refractivity contribution in [2.24, 2.45) is 17.8 Å². The number of fused-ring (bicyclic) bond motifs is 1. The molecule has 2 rings (SSSR count). The predicted octanol–water partition coefficient (Wildman–Crippen LogP) is 0.0850. The second kappa shape index (κ2) is 1.27. The Labute approximate surface area is 49.5 Å². The minimum absolute atomic E-state index is 0.635. The summed E-state index contributed by atoms with van der Waals surface area (Å²) in [4.78, 5) is 0. The van der Waals surface area contributed by atoms with Crippen LogP contribution in [0.4, 0.5) is 0 Å². The van der Waals surface area contributed by atoms with E-state index in [0.717, 1.165) is 11.8 Å². The molecule has 1 nitrogen and oxygen atoms in total. The van der Waals surface area contributed by atoms with E-state index < -0.39 is 0 Å². The molecule has 8 heavy (non-hydrogen) atoms. The summed E-state index contributed by atoms with van der Waals surface area (Å²) in [7, 11) is 0. The maximum absolute atomic E-state index is 5.25. The zero-order valence-corrected chi connectivity index (χ0v) is 4.72. The maximum atomic E-state index is 5.25. The van der Waals surface area contributed by atoms with E-state index in [0.29, 0.717) is 5.92 Å². The third-order valence-corrected chi connectivity index (χ3v) is 2.28. The van der Waals surface area contributed by atoms with Gasteiger partial charge in [-0.1, -0.05) is 0 Å². The lowest BCUT2D eigenvalue weighted by molar-refractivity contribution is 0.679. The zero-order valence-electron chi connectivity index (χ0n) is 4.72. The lowest BCUT2D eigenvalue weighted by atomic mass is 10.3. The van der Waals surface area contributed by atoms with Gasteiger partial charge in [0.25, 0.3) is 0 Å². The Morgan fingerprint density at radius 3 is 2.38 bits per heavy atom. The average molecular weight is 107 g/mol. The van der Waals surface area contributed by atoms with Crippen molar-refractivity contribution in [2.75, 3.05) is 13.1 Å². The van der Waals surface area contributed by atoms with Crippen LogP contribution >= 0.6 is 0 Å². The molecule has 42 valence electrons. The monoisotopic (exact) mass is 107 g/mol. The molecule has 1 aliphatic heterocycles. The van der Waals surface area contributed by atoms with Crippen LogP contribution in [-0.2, 0) is 0 Å². The van der Waals surface area contributed by atoms with Crippen LogP contribution in [0.3, 0.4) is 0 Å². The van der Waals surface area contributed by atoms with Crippen molar-refractivity contribution in [3.8, 4) is 12.3 Å². The third kappa shape index (κ3) is 0.367. The summed E-state index contributed by atoms with van der Waals surface area (Å²) in [6.45, 7) is 2.33. The maximum Gasteiger partial charge on any atom is 0.0288 e. The predicted molar refractivity (Wildman–Crippen MR) is 32.2 cm³/mol. The number of piperidine rings is 1. The first-order chi connectivity index (χ1) is 3.93. The Balaban J connectivity index is 2.06. The van der Waals surface area contributed by atoms with Crippen LogP contribution in [0, 0.1) is 30.1 Å². The van der Waals surface area contributed by atoms with Crippen LogP contribution in [0.25, 0.3) is 0 Å². The fourth-order valence-electron chi connectivity index (χ4n) is 1.67. The van der Waals surface area contributed by atoms with Crippen molar-refractivity contribution in [1.29, 1.82) is 0 Å². The molecule has 0 spiro atoms. The van der Waals surface area contributed by atoms with Crippen LogP contribution < -0.4 is 5.32 Å². The molecule has 1 saturated heterocycles. The number of nitrogens with one attached hydrogen (secondary N) is 1. The second-order valence-corrected chi connectivity index (χ2v) is 2.68. The first kappa shape index (κ1) is 4.40. The van der Waals surface area contributed by atoms with Crippen LogP contribution in [0.1, 0.15) is 0 Å². The Kier molecular flexibility index (Phi) is 0.698. The van der Waals surface area contributed by atoms with E-state index in [1.807, 2.05) is 0 Å². The summed E-state index contributed by atoms with van der Waals surface area (Å²) >= 11 is 0. The van der Waals surface area contributed by atoms with Crippen LogP contribution in [0.2, 0.25) is 0 Å². The van der Waals surface area contributed by atoms with Crippen molar-refractivity contribution in [1.82, 2.24) is 5.32 Å². The highest BCUT2D eigenvalue weighted by atomic mass is 15.0. The largest absolute Gasteiger partial charge is 0.316 e. The smallest absolute Gasteiger partial charge is 0.0288 e. The number of terminal acetylenes is 1. The summed E-state index contributed by atoms with van der Waals surface area (Å²) in [6.07, 6.45) is 5.25. The van der Waals surface area contributed by atoms with Gasteiger partial charge in [0.2, 0.25) is 0 Å². The number of hydrogen-bond donors (Lipinski definition) is 1. The van der Waals surface area contributed by atoms with Gasteiger partial charge in [0.05, 0.1) is 0 Å². The standard InChI is InChI=1S/C7H9N/c1-2-5-6-3-8-4-7(5)6/h1,5-8H,3-4H2/t5-,6-,7?/m1/s1.